The van der Waals surface area contributed by atoms with E-state index in [0.29, 0.717) is 16.7 Å². The summed E-state index contributed by atoms with van der Waals surface area (Å²) in [4.78, 5) is 12.5. The molecule has 126 valence electrons. The van der Waals surface area contributed by atoms with Crippen LogP contribution in [-0.2, 0) is 4.79 Å². The van der Waals surface area contributed by atoms with Crippen molar-refractivity contribution in [2.24, 2.45) is 5.92 Å². The van der Waals surface area contributed by atoms with Gasteiger partial charge in [0.05, 0.1) is 6.04 Å². The van der Waals surface area contributed by atoms with E-state index < -0.39 is 6.10 Å². The Morgan fingerprint density at radius 1 is 1.12 bits per heavy atom. The molecule has 0 unspecified atom stereocenters. The van der Waals surface area contributed by atoms with Crippen molar-refractivity contribution in [3.63, 3.8) is 0 Å². The van der Waals surface area contributed by atoms with Crippen molar-refractivity contribution in [1.82, 2.24) is 5.32 Å². The van der Waals surface area contributed by atoms with Gasteiger partial charge in [-0.05, 0) is 62.4 Å². The molecular formula is C20H22ClNO2. The van der Waals surface area contributed by atoms with E-state index in [2.05, 4.69) is 5.32 Å². The summed E-state index contributed by atoms with van der Waals surface area (Å²) in [6.07, 6.45) is 1.74. The second-order valence-corrected chi connectivity index (χ2v) is 6.88. The van der Waals surface area contributed by atoms with Crippen LogP contribution in [-0.4, -0.2) is 12.0 Å². The molecule has 0 aliphatic heterocycles. The highest BCUT2D eigenvalue weighted by Crippen LogP contribution is 2.41. The number of aryl methyl sites for hydroxylation is 1. The van der Waals surface area contributed by atoms with Crippen molar-refractivity contribution in [2.45, 2.75) is 38.8 Å². The van der Waals surface area contributed by atoms with E-state index in [0.717, 1.165) is 24.0 Å². The number of carbonyl (C=O) groups is 1. The van der Waals surface area contributed by atoms with E-state index in [9.17, 15) is 4.79 Å². The summed E-state index contributed by atoms with van der Waals surface area (Å²) >= 11 is 5.96. The molecule has 2 aromatic rings. The van der Waals surface area contributed by atoms with E-state index in [4.69, 9.17) is 16.3 Å². The number of halogens is 1. The van der Waals surface area contributed by atoms with E-state index in [1.54, 1.807) is 6.92 Å². The topological polar surface area (TPSA) is 38.3 Å². The van der Waals surface area contributed by atoms with E-state index >= 15 is 0 Å². The second-order valence-electron chi connectivity index (χ2n) is 6.45. The van der Waals surface area contributed by atoms with Crippen molar-refractivity contribution in [1.29, 1.82) is 0 Å². The van der Waals surface area contributed by atoms with Crippen LogP contribution in [0.4, 0.5) is 0 Å². The molecule has 1 N–H and O–H groups in total. The van der Waals surface area contributed by atoms with Gasteiger partial charge in [0.2, 0.25) is 0 Å². The van der Waals surface area contributed by atoms with Crippen molar-refractivity contribution in [3.05, 3.63) is 64.7 Å². The molecule has 1 amide bonds. The Labute approximate surface area is 148 Å². The molecule has 0 radical (unpaired) electrons. The Morgan fingerprint density at radius 2 is 1.75 bits per heavy atom. The van der Waals surface area contributed by atoms with Crippen LogP contribution < -0.4 is 10.1 Å². The maximum absolute atomic E-state index is 12.5. The van der Waals surface area contributed by atoms with Gasteiger partial charge in [-0.2, -0.15) is 0 Å². The lowest BCUT2D eigenvalue weighted by Gasteiger charge is -2.22. The first-order valence-corrected chi connectivity index (χ1v) is 8.70. The molecule has 1 aliphatic rings. The first-order valence-electron chi connectivity index (χ1n) is 8.32. The minimum atomic E-state index is -0.541. The fraction of sp³-hybridized carbons (Fsp3) is 0.350. The predicted octanol–water partition coefficient (Wildman–Crippen LogP) is 4.68. The first-order chi connectivity index (χ1) is 11.5. The molecule has 0 heterocycles. The first kappa shape index (κ1) is 16.8. The van der Waals surface area contributed by atoms with Crippen LogP contribution in [0.5, 0.6) is 5.75 Å². The summed E-state index contributed by atoms with van der Waals surface area (Å²) < 4.78 is 5.75. The molecule has 0 bridgehead atoms. The molecule has 1 fully saturated rings. The summed E-state index contributed by atoms with van der Waals surface area (Å²) in [5, 5.41) is 3.84. The van der Waals surface area contributed by atoms with E-state index in [1.165, 1.54) is 0 Å². The van der Waals surface area contributed by atoms with Gasteiger partial charge in [-0.3, -0.25) is 4.79 Å². The summed E-state index contributed by atoms with van der Waals surface area (Å²) in [5.74, 6) is 1.11. The predicted molar refractivity (Wildman–Crippen MR) is 96.3 cm³/mol. The fourth-order valence-electron chi connectivity index (χ4n) is 2.72. The summed E-state index contributed by atoms with van der Waals surface area (Å²) in [5.41, 5.74) is 2.26. The fourth-order valence-corrected chi connectivity index (χ4v) is 2.84. The highest BCUT2D eigenvalue weighted by molar-refractivity contribution is 6.30. The van der Waals surface area contributed by atoms with E-state index in [-0.39, 0.29) is 11.9 Å². The Hall–Kier alpha value is -2.00. The molecular weight excluding hydrogens is 322 g/mol. The standard InChI is InChI=1S/C20H22ClNO2/c1-13-3-11-18(12-4-13)24-14(2)20(23)22-19(15-5-6-15)16-7-9-17(21)10-8-16/h3-4,7-12,14-15,19H,5-6H2,1-2H3,(H,22,23)/t14-,19-/m0/s1. The zero-order valence-electron chi connectivity index (χ0n) is 14.0. The molecule has 4 heteroatoms. The third kappa shape index (κ3) is 4.30. The lowest BCUT2D eigenvalue weighted by Crippen LogP contribution is -2.39. The maximum atomic E-state index is 12.5. The molecule has 2 atom stereocenters. The van der Waals surface area contributed by atoms with Gasteiger partial charge < -0.3 is 10.1 Å². The molecule has 3 nitrogen and oxygen atoms in total. The van der Waals surface area contributed by atoms with Crippen LogP contribution in [0.15, 0.2) is 48.5 Å². The van der Waals surface area contributed by atoms with Crippen LogP contribution in [0.25, 0.3) is 0 Å². The zero-order valence-corrected chi connectivity index (χ0v) is 14.7. The number of amides is 1. The minimum Gasteiger partial charge on any atom is -0.481 e. The normalized spacial score (nSPS) is 16.3. The third-order valence-electron chi connectivity index (χ3n) is 4.32. The van der Waals surface area contributed by atoms with E-state index in [1.807, 2.05) is 55.5 Å². The minimum absolute atomic E-state index is 0.0267. The molecule has 1 aliphatic carbocycles. The van der Waals surface area contributed by atoms with Gasteiger partial charge in [-0.25, -0.2) is 0 Å². The highest BCUT2D eigenvalue weighted by atomic mass is 35.5. The summed E-state index contributed by atoms with van der Waals surface area (Å²) in [6, 6.07) is 15.4. The third-order valence-corrected chi connectivity index (χ3v) is 4.58. The average Bonchev–Trinajstić information content (AvgIpc) is 3.40. The van der Waals surface area contributed by atoms with Crippen LogP contribution >= 0.6 is 11.6 Å². The van der Waals surface area contributed by atoms with Crippen molar-refractivity contribution in [3.8, 4) is 5.75 Å². The molecule has 24 heavy (non-hydrogen) atoms. The quantitative estimate of drug-likeness (QED) is 0.826. The summed E-state index contributed by atoms with van der Waals surface area (Å²) in [7, 11) is 0. The van der Waals surface area contributed by atoms with Crippen molar-refractivity contribution < 1.29 is 9.53 Å². The molecule has 0 spiro atoms. The van der Waals surface area contributed by atoms with Gasteiger partial charge in [0.15, 0.2) is 6.10 Å². The van der Waals surface area contributed by atoms with Crippen molar-refractivity contribution >= 4 is 17.5 Å². The number of hydrogen-bond acceptors (Lipinski definition) is 2. The number of benzene rings is 2. The number of ether oxygens (including phenoxy) is 1. The van der Waals surface area contributed by atoms with Crippen LogP contribution in [0.3, 0.4) is 0 Å². The molecule has 2 aromatic carbocycles. The lowest BCUT2D eigenvalue weighted by molar-refractivity contribution is -0.128. The largest absolute Gasteiger partial charge is 0.481 e. The van der Waals surface area contributed by atoms with Crippen molar-refractivity contribution in [2.75, 3.05) is 0 Å². The monoisotopic (exact) mass is 343 g/mol. The van der Waals surface area contributed by atoms with Crippen LogP contribution in [0.1, 0.15) is 36.9 Å². The smallest absolute Gasteiger partial charge is 0.261 e. The number of carbonyl (C=O) groups excluding carboxylic acids is 1. The zero-order chi connectivity index (χ0) is 17.1. The van der Waals surface area contributed by atoms with Gasteiger partial charge in [0, 0.05) is 5.02 Å². The highest BCUT2D eigenvalue weighted by Gasteiger charge is 2.34. The second kappa shape index (κ2) is 7.27. The SMILES string of the molecule is Cc1ccc(O[C@@H](C)C(=O)N[C@H](c2ccc(Cl)cc2)C2CC2)cc1. The maximum Gasteiger partial charge on any atom is 0.261 e. The van der Waals surface area contributed by atoms with Gasteiger partial charge in [0.25, 0.3) is 5.91 Å². The summed E-state index contributed by atoms with van der Waals surface area (Å²) in [6.45, 7) is 3.80. The van der Waals surface area contributed by atoms with Gasteiger partial charge >= 0.3 is 0 Å². The Bertz CT molecular complexity index is 693. The number of nitrogens with one attached hydrogen (secondary N) is 1. The number of hydrogen-bond donors (Lipinski definition) is 1. The Morgan fingerprint density at radius 3 is 2.33 bits per heavy atom. The van der Waals surface area contributed by atoms with Crippen LogP contribution in [0, 0.1) is 12.8 Å². The van der Waals surface area contributed by atoms with Gasteiger partial charge in [0.1, 0.15) is 5.75 Å². The Kier molecular flexibility index (Phi) is 5.10. The molecule has 1 saturated carbocycles. The van der Waals surface area contributed by atoms with Gasteiger partial charge in [-0.15, -0.1) is 0 Å². The average molecular weight is 344 g/mol. The molecule has 3 rings (SSSR count). The Balaban J connectivity index is 1.64. The number of rotatable bonds is 6. The van der Waals surface area contributed by atoms with Crippen LogP contribution in [0.2, 0.25) is 5.02 Å². The molecule has 0 aromatic heterocycles. The van der Waals surface area contributed by atoms with Gasteiger partial charge in [-0.1, -0.05) is 41.4 Å². The lowest BCUT2D eigenvalue weighted by atomic mass is 10.0. The molecule has 0 saturated heterocycles.